The molecular formula is C20H20F2N2O2S. The van der Waals surface area contributed by atoms with Crippen LogP contribution in [0, 0.1) is 11.6 Å². The van der Waals surface area contributed by atoms with E-state index < -0.39 is 0 Å². The van der Waals surface area contributed by atoms with Crippen LogP contribution in [0.2, 0.25) is 0 Å². The fourth-order valence-electron chi connectivity index (χ4n) is 3.49. The average molecular weight is 390 g/mol. The van der Waals surface area contributed by atoms with Crippen LogP contribution < -0.4 is 5.32 Å². The Bertz CT molecular complexity index is 831. The van der Waals surface area contributed by atoms with Gasteiger partial charge in [0.15, 0.2) is 0 Å². The molecule has 27 heavy (non-hydrogen) atoms. The molecule has 4 nitrogen and oxygen atoms in total. The molecule has 2 aromatic carbocycles. The van der Waals surface area contributed by atoms with Crippen molar-refractivity contribution in [2.24, 2.45) is 0 Å². The van der Waals surface area contributed by atoms with Crippen LogP contribution in [0.25, 0.3) is 0 Å². The minimum absolute atomic E-state index is 0.183. The van der Waals surface area contributed by atoms with Gasteiger partial charge in [0.25, 0.3) is 0 Å². The molecule has 142 valence electrons. The number of fused-ring (bicyclic) bond motifs is 1. The van der Waals surface area contributed by atoms with Crippen molar-refractivity contribution in [3.8, 4) is 0 Å². The Kier molecular flexibility index (Phi) is 5.31. The van der Waals surface area contributed by atoms with Crippen LogP contribution in [0.1, 0.15) is 29.7 Å². The third-order valence-electron chi connectivity index (χ3n) is 4.92. The summed E-state index contributed by atoms with van der Waals surface area (Å²) in [5.41, 5.74) is 1.68. The Morgan fingerprint density at radius 2 is 2.00 bits per heavy atom. The highest BCUT2D eigenvalue weighted by Gasteiger charge is 2.29. The first-order valence-corrected chi connectivity index (χ1v) is 9.94. The van der Waals surface area contributed by atoms with Crippen LogP contribution in [0.15, 0.2) is 47.4 Å². The number of hydrogen-bond donors (Lipinski definition) is 1. The van der Waals surface area contributed by atoms with Crippen LogP contribution in [-0.2, 0) is 4.74 Å². The predicted octanol–water partition coefficient (Wildman–Crippen LogP) is 4.28. The lowest BCUT2D eigenvalue weighted by Gasteiger charge is -2.35. The van der Waals surface area contributed by atoms with Gasteiger partial charge in [0, 0.05) is 17.2 Å². The summed E-state index contributed by atoms with van der Waals surface area (Å²) >= 11 is 1.49. The van der Waals surface area contributed by atoms with Crippen molar-refractivity contribution in [3.63, 3.8) is 0 Å². The lowest BCUT2D eigenvalue weighted by molar-refractivity contribution is -0.0158. The molecule has 0 aliphatic carbocycles. The monoisotopic (exact) mass is 390 g/mol. The smallest absolute Gasteiger partial charge is 0.318 e. The number of amides is 2. The van der Waals surface area contributed by atoms with Crippen molar-refractivity contribution in [1.82, 2.24) is 10.2 Å². The normalized spacial score (nSPS) is 22.2. The van der Waals surface area contributed by atoms with Gasteiger partial charge in [-0.15, -0.1) is 11.8 Å². The quantitative estimate of drug-likeness (QED) is 0.832. The molecule has 1 N–H and O–H groups in total. The number of carbonyl (C=O) groups excluding carboxylic acids is 1. The van der Waals surface area contributed by atoms with Crippen molar-refractivity contribution in [1.29, 1.82) is 0 Å². The number of morpholine rings is 1. The second kappa shape index (κ2) is 7.86. The van der Waals surface area contributed by atoms with E-state index in [1.165, 1.54) is 30.0 Å². The van der Waals surface area contributed by atoms with Gasteiger partial charge in [0.2, 0.25) is 0 Å². The molecule has 0 saturated carbocycles. The third-order valence-corrected chi connectivity index (χ3v) is 6.08. The van der Waals surface area contributed by atoms with Crippen LogP contribution in [-0.4, -0.2) is 36.4 Å². The van der Waals surface area contributed by atoms with Crippen LogP contribution >= 0.6 is 11.8 Å². The molecule has 0 aromatic heterocycles. The van der Waals surface area contributed by atoms with Gasteiger partial charge in [0.1, 0.15) is 17.7 Å². The van der Waals surface area contributed by atoms with Crippen molar-refractivity contribution >= 4 is 17.8 Å². The number of halogens is 2. The molecule has 2 atom stereocenters. The van der Waals surface area contributed by atoms with Gasteiger partial charge in [0.05, 0.1) is 19.2 Å². The van der Waals surface area contributed by atoms with E-state index in [0.717, 1.165) is 23.3 Å². The van der Waals surface area contributed by atoms with Gasteiger partial charge in [-0.1, -0.05) is 24.3 Å². The maximum absolute atomic E-state index is 14.0. The topological polar surface area (TPSA) is 41.6 Å². The van der Waals surface area contributed by atoms with Crippen molar-refractivity contribution < 1.29 is 18.3 Å². The van der Waals surface area contributed by atoms with Crippen molar-refractivity contribution in [3.05, 3.63) is 65.2 Å². The predicted molar refractivity (Wildman–Crippen MR) is 99.7 cm³/mol. The second-order valence-corrected chi connectivity index (χ2v) is 7.76. The van der Waals surface area contributed by atoms with Gasteiger partial charge >= 0.3 is 6.03 Å². The lowest BCUT2D eigenvalue weighted by atomic mass is 10.0. The second-order valence-electron chi connectivity index (χ2n) is 6.65. The Labute approximate surface area is 160 Å². The Hall–Kier alpha value is -2.12. The number of carbonyl (C=O) groups is 1. The van der Waals surface area contributed by atoms with E-state index in [4.69, 9.17) is 4.74 Å². The number of nitrogens with zero attached hydrogens (tertiary/aromatic N) is 1. The average Bonchev–Trinajstić information content (AvgIpc) is 2.69. The fourth-order valence-corrected chi connectivity index (χ4v) is 4.63. The minimum Gasteiger partial charge on any atom is -0.370 e. The number of urea groups is 1. The maximum Gasteiger partial charge on any atom is 0.318 e. The molecule has 0 radical (unpaired) electrons. The van der Waals surface area contributed by atoms with Crippen molar-refractivity contribution in [2.45, 2.75) is 23.5 Å². The number of benzene rings is 2. The summed E-state index contributed by atoms with van der Waals surface area (Å²) in [4.78, 5) is 15.1. The summed E-state index contributed by atoms with van der Waals surface area (Å²) in [6.07, 6.45) is 0.482. The zero-order valence-corrected chi connectivity index (χ0v) is 15.5. The molecule has 4 rings (SSSR count). The first-order valence-electron chi connectivity index (χ1n) is 8.95. The Morgan fingerprint density at radius 1 is 1.19 bits per heavy atom. The van der Waals surface area contributed by atoms with E-state index in [0.29, 0.717) is 24.6 Å². The van der Waals surface area contributed by atoms with Gasteiger partial charge < -0.3 is 15.0 Å². The molecule has 0 unspecified atom stereocenters. The zero-order valence-electron chi connectivity index (χ0n) is 14.7. The van der Waals surface area contributed by atoms with E-state index in [9.17, 15) is 13.6 Å². The van der Waals surface area contributed by atoms with Gasteiger partial charge in [-0.3, -0.25) is 0 Å². The Balaban J connectivity index is 1.44. The molecule has 2 aliphatic heterocycles. The lowest BCUT2D eigenvalue weighted by Crippen LogP contribution is -2.48. The highest BCUT2D eigenvalue weighted by molar-refractivity contribution is 7.99. The third kappa shape index (κ3) is 3.94. The van der Waals surface area contributed by atoms with E-state index in [1.807, 2.05) is 6.07 Å². The standard InChI is InChI=1S/C20H20F2N2O2S/c21-14-6-4-13(5-7-14)18-12-24(9-10-26-18)20(25)23-17-8-11-27-19-15(17)2-1-3-16(19)22/h1-7,17-18H,8-12H2,(H,23,25)/t17-,18-/m0/s1. The van der Waals surface area contributed by atoms with Crippen molar-refractivity contribution in [2.75, 3.05) is 25.4 Å². The van der Waals surface area contributed by atoms with Gasteiger partial charge in [-0.05, 0) is 35.7 Å². The van der Waals surface area contributed by atoms with Gasteiger partial charge in [-0.25, -0.2) is 13.6 Å². The van der Waals surface area contributed by atoms with Crippen LogP contribution in [0.5, 0.6) is 0 Å². The number of ether oxygens (including phenoxy) is 1. The zero-order chi connectivity index (χ0) is 18.8. The highest BCUT2D eigenvalue weighted by atomic mass is 32.2. The fraction of sp³-hybridized carbons (Fsp3) is 0.350. The van der Waals surface area contributed by atoms with Crippen LogP contribution in [0.3, 0.4) is 0 Å². The summed E-state index contributed by atoms with van der Waals surface area (Å²) in [5.74, 6) is 0.227. The summed E-state index contributed by atoms with van der Waals surface area (Å²) in [6, 6.07) is 10.8. The summed E-state index contributed by atoms with van der Waals surface area (Å²) in [6.45, 7) is 1.30. The highest BCUT2D eigenvalue weighted by Crippen LogP contribution is 2.37. The number of nitrogens with one attached hydrogen (secondary N) is 1. The molecule has 2 aromatic rings. The molecule has 0 bridgehead atoms. The molecular weight excluding hydrogens is 370 g/mol. The maximum atomic E-state index is 14.0. The SMILES string of the molecule is O=C(N[C@H]1CCSc2c(F)cccc21)N1CCO[C@H](c2ccc(F)cc2)C1. The van der Waals surface area contributed by atoms with Crippen LogP contribution in [0.4, 0.5) is 13.6 Å². The van der Waals surface area contributed by atoms with E-state index in [1.54, 1.807) is 23.1 Å². The number of thioether (sulfide) groups is 1. The van der Waals surface area contributed by atoms with E-state index in [-0.39, 0.29) is 29.8 Å². The molecule has 2 aliphatic rings. The molecule has 7 heteroatoms. The number of rotatable bonds is 2. The summed E-state index contributed by atoms with van der Waals surface area (Å²) in [7, 11) is 0. The molecule has 0 spiro atoms. The summed E-state index contributed by atoms with van der Waals surface area (Å²) < 4.78 is 32.9. The van der Waals surface area contributed by atoms with E-state index in [2.05, 4.69) is 5.32 Å². The first-order chi connectivity index (χ1) is 13.1. The first kappa shape index (κ1) is 18.3. The molecule has 1 fully saturated rings. The minimum atomic E-state index is -0.301. The van der Waals surface area contributed by atoms with E-state index >= 15 is 0 Å². The molecule has 2 amide bonds. The molecule has 2 heterocycles. The molecule has 1 saturated heterocycles. The largest absolute Gasteiger partial charge is 0.370 e. The number of hydrogen-bond acceptors (Lipinski definition) is 3. The van der Waals surface area contributed by atoms with Gasteiger partial charge in [-0.2, -0.15) is 0 Å². The summed E-state index contributed by atoms with van der Waals surface area (Å²) in [5, 5.41) is 3.04. The Morgan fingerprint density at radius 3 is 2.81 bits per heavy atom.